The number of anilines is 1. The second-order valence-corrected chi connectivity index (χ2v) is 9.28. The first-order valence-corrected chi connectivity index (χ1v) is 10.0. The van der Waals surface area contributed by atoms with E-state index in [1.807, 2.05) is 6.92 Å². The first kappa shape index (κ1) is 17.8. The van der Waals surface area contributed by atoms with E-state index >= 15 is 0 Å². The Hall–Kier alpha value is -1.99. The van der Waals surface area contributed by atoms with E-state index in [0.29, 0.717) is 4.90 Å². The van der Waals surface area contributed by atoms with Crippen LogP contribution in [0, 0.1) is 6.92 Å². The molecule has 1 saturated heterocycles. The summed E-state index contributed by atoms with van der Waals surface area (Å²) in [5.41, 5.74) is 8.45. The van der Waals surface area contributed by atoms with Crippen LogP contribution in [0.2, 0.25) is 0 Å². The zero-order valence-electron chi connectivity index (χ0n) is 14.8. The molecule has 1 aliphatic rings. The lowest BCUT2D eigenvalue weighted by atomic mass is 10.1. The molecule has 1 atom stereocenters. The second kappa shape index (κ2) is 6.72. The molecule has 0 saturated carbocycles. The third-order valence-electron chi connectivity index (χ3n) is 4.55. The fourth-order valence-corrected chi connectivity index (χ4v) is 4.01. The smallest absolute Gasteiger partial charge is 0.180 e. The van der Waals surface area contributed by atoms with Crippen molar-refractivity contribution in [2.24, 2.45) is 5.73 Å². The largest absolute Gasteiger partial charge is 0.353 e. The van der Waals surface area contributed by atoms with Gasteiger partial charge in [0.2, 0.25) is 0 Å². The highest BCUT2D eigenvalue weighted by atomic mass is 32.2. The summed E-state index contributed by atoms with van der Waals surface area (Å²) in [5, 5.41) is -0.441. The summed E-state index contributed by atoms with van der Waals surface area (Å²) < 4.78 is 24.5. The average molecular weight is 360 g/mol. The molecule has 25 heavy (non-hydrogen) atoms. The van der Waals surface area contributed by atoms with E-state index in [1.165, 1.54) is 0 Å². The van der Waals surface area contributed by atoms with Gasteiger partial charge in [0.1, 0.15) is 0 Å². The molecule has 1 aromatic heterocycles. The van der Waals surface area contributed by atoms with Crippen LogP contribution in [0.4, 0.5) is 5.82 Å². The van der Waals surface area contributed by atoms with Crippen LogP contribution in [0.3, 0.4) is 0 Å². The fraction of sp³-hybridized carbons (Fsp3) is 0.444. The van der Waals surface area contributed by atoms with Gasteiger partial charge in [-0.1, -0.05) is 12.1 Å². The van der Waals surface area contributed by atoms with Crippen molar-refractivity contribution in [3.05, 3.63) is 36.2 Å². The second-order valence-electron chi connectivity index (χ2n) is 6.78. The summed E-state index contributed by atoms with van der Waals surface area (Å²) in [4.78, 5) is 11.7. The van der Waals surface area contributed by atoms with E-state index in [1.54, 1.807) is 44.3 Å². The maximum absolute atomic E-state index is 12.2. The van der Waals surface area contributed by atoms with Gasteiger partial charge in [-0.25, -0.2) is 13.4 Å². The zero-order chi connectivity index (χ0) is 18.2. The van der Waals surface area contributed by atoms with Crippen LogP contribution in [-0.2, 0) is 9.84 Å². The monoisotopic (exact) mass is 360 g/mol. The molecule has 6 nitrogen and oxygen atoms in total. The summed E-state index contributed by atoms with van der Waals surface area (Å²) in [6.45, 7) is 6.97. The molecule has 0 amide bonds. The lowest BCUT2D eigenvalue weighted by Gasteiger charge is -2.19. The maximum atomic E-state index is 12.2. The van der Waals surface area contributed by atoms with Gasteiger partial charge in [-0.3, -0.25) is 4.98 Å². The highest BCUT2D eigenvalue weighted by Gasteiger charge is 2.23. The molecule has 0 aliphatic carbocycles. The van der Waals surface area contributed by atoms with Crippen LogP contribution < -0.4 is 10.6 Å². The molecule has 1 aliphatic heterocycles. The number of nitrogens with zero attached hydrogens (tertiary/aromatic N) is 3. The molecule has 0 radical (unpaired) electrons. The van der Waals surface area contributed by atoms with Crippen molar-refractivity contribution in [1.82, 2.24) is 9.97 Å². The Labute approximate surface area is 149 Å². The third-order valence-corrected chi connectivity index (χ3v) is 6.72. The number of nitrogens with two attached hydrogens (primary N) is 1. The van der Waals surface area contributed by atoms with Crippen molar-refractivity contribution >= 4 is 15.7 Å². The van der Waals surface area contributed by atoms with Gasteiger partial charge >= 0.3 is 0 Å². The average Bonchev–Trinajstić information content (AvgIpc) is 3.01. The molecule has 0 spiro atoms. The summed E-state index contributed by atoms with van der Waals surface area (Å²) in [6, 6.07) is 7.02. The Balaban J connectivity index is 1.92. The molecular weight excluding hydrogens is 336 g/mol. The highest BCUT2D eigenvalue weighted by molar-refractivity contribution is 7.92. The van der Waals surface area contributed by atoms with Crippen molar-refractivity contribution in [2.75, 3.05) is 18.0 Å². The minimum atomic E-state index is -3.27. The van der Waals surface area contributed by atoms with Crippen LogP contribution in [0.25, 0.3) is 11.3 Å². The summed E-state index contributed by atoms with van der Waals surface area (Å²) >= 11 is 0. The van der Waals surface area contributed by atoms with E-state index in [9.17, 15) is 8.42 Å². The lowest BCUT2D eigenvalue weighted by Crippen LogP contribution is -2.27. The fourth-order valence-electron chi connectivity index (χ4n) is 2.95. The van der Waals surface area contributed by atoms with Crippen molar-refractivity contribution < 1.29 is 8.42 Å². The molecule has 1 unspecified atom stereocenters. The van der Waals surface area contributed by atoms with Crippen molar-refractivity contribution in [3.63, 3.8) is 0 Å². The minimum absolute atomic E-state index is 0.172. The third kappa shape index (κ3) is 3.52. The molecule has 2 aromatic rings. The predicted molar refractivity (Wildman–Crippen MR) is 99.3 cm³/mol. The van der Waals surface area contributed by atoms with E-state index < -0.39 is 15.1 Å². The zero-order valence-corrected chi connectivity index (χ0v) is 15.6. The Bertz CT molecular complexity index is 863. The van der Waals surface area contributed by atoms with Crippen molar-refractivity contribution in [3.8, 4) is 11.3 Å². The predicted octanol–water partition coefficient (Wildman–Crippen LogP) is 2.17. The molecule has 2 N–H and O–H groups in total. The van der Waals surface area contributed by atoms with Gasteiger partial charge in [-0.2, -0.15) is 0 Å². The minimum Gasteiger partial charge on any atom is -0.353 e. The van der Waals surface area contributed by atoms with E-state index in [4.69, 9.17) is 10.7 Å². The molecule has 7 heteroatoms. The van der Waals surface area contributed by atoms with Gasteiger partial charge in [0.05, 0.1) is 27.7 Å². The van der Waals surface area contributed by atoms with Crippen LogP contribution >= 0.6 is 0 Å². The number of hydrogen-bond acceptors (Lipinski definition) is 6. The SMILES string of the molecule is Cc1ncc(-c2ccc(S(=O)(=O)C(C)C)cc2)nc1N1CCC(N)C1. The molecule has 2 heterocycles. The Morgan fingerprint density at radius 2 is 1.92 bits per heavy atom. The number of aryl methyl sites for hydroxylation is 1. The van der Waals surface area contributed by atoms with Crippen molar-refractivity contribution in [2.45, 2.75) is 43.4 Å². The standard InChI is InChI=1S/C18H24N4O2S/c1-12(2)25(23,24)16-6-4-14(5-7-16)17-10-20-13(3)18(21-17)22-9-8-15(19)11-22/h4-7,10,12,15H,8-9,11,19H2,1-3H3. The van der Waals surface area contributed by atoms with Gasteiger partial charge < -0.3 is 10.6 Å². The number of hydrogen-bond donors (Lipinski definition) is 1. The Morgan fingerprint density at radius 3 is 2.48 bits per heavy atom. The first-order valence-electron chi connectivity index (χ1n) is 8.47. The normalized spacial score (nSPS) is 18.1. The van der Waals surface area contributed by atoms with Gasteiger partial charge in [0, 0.05) is 24.7 Å². The van der Waals surface area contributed by atoms with Gasteiger partial charge in [0.15, 0.2) is 15.7 Å². The van der Waals surface area contributed by atoms with Gasteiger partial charge in [-0.15, -0.1) is 0 Å². The first-order chi connectivity index (χ1) is 11.8. The van der Waals surface area contributed by atoms with Gasteiger partial charge in [-0.05, 0) is 39.3 Å². The van der Waals surface area contributed by atoms with E-state index in [2.05, 4.69) is 9.88 Å². The van der Waals surface area contributed by atoms with Gasteiger partial charge in [0.25, 0.3) is 0 Å². The summed E-state index contributed by atoms with van der Waals surface area (Å²) in [6.07, 6.45) is 2.67. The molecular formula is C18H24N4O2S. The molecule has 3 rings (SSSR count). The van der Waals surface area contributed by atoms with E-state index in [-0.39, 0.29) is 6.04 Å². The summed E-state index contributed by atoms with van der Waals surface area (Å²) in [7, 11) is -3.27. The Morgan fingerprint density at radius 1 is 1.24 bits per heavy atom. The topological polar surface area (TPSA) is 89.2 Å². The van der Waals surface area contributed by atoms with Crippen LogP contribution in [0.15, 0.2) is 35.4 Å². The van der Waals surface area contributed by atoms with Crippen LogP contribution in [0.5, 0.6) is 0 Å². The maximum Gasteiger partial charge on any atom is 0.180 e. The number of rotatable bonds is 4. The number of benzene rings is 1. The van der Waals surface area contributed by atoms with Crippen molar-refractivity contribution in [1.29, 1.82) is 0 Å². The molecule has 1 fully saturated rings. The van der Waals surface area contributed by atoms with E-state index in [0.717, 1.165) is 42.3 Å². The summed E-state index contributed by atoms with van der Waals surface area (Å²) in [5.74, 6) is 0.851. The lowest BCUT2D eigenvalue weighted by molar-refractivity contribution is 0.587. The van der Waals surface area contributed by atoms with Crippen LogP contribution in [-0.4, -0.2) is 42.8 Å². The quantitative estimate of drug-likeness (QED) is 0.899. The highest BCUT2D eigenvalue weighted by Crippen LogP contribution is 2.26. The van der Waals surface area contributed by atoms with Crippen LogP contribution in [0.1, 0.15) is 26.0 Å². The Kier molecular flexibility index (Phi) is 4.79. The number of aromatic nitrogens is 2. The molecule has 1 aromatic carbocycles. The number of sulfone groups is 1. The molecule has 134 valence electrons. The molecule has 0 bridgehead atoms.